The van der Waals surface area contributed by atoms with E-state index < -0.39 is 22.7 Å². The van der Waals surface area contributed by atoms with E-state index >= 15 is 0 Å². The molecule has 0 fully saturated rings. The minimum Gasteiger partial charge on any atom is -0.326 e. The number of nitrogens with two attached hydrogens (primary N) is 1. The first-order valence-corrected chi connectivity index (χ1v) is 4.17. The maximum atomic E-state index is 12.3. The zero-order chi connectivity index (χ0) is 11.6. The fourth-order valence-corrected chi connectivity index (χ4v) is 1.21. The van der Waals surface area contributed by atoms with Gasteiger partial charge in [-0.2, -0.15) is 0 Å². The van der Waals surface area contributed by atoms with Crippen LogP contribution in [-0.4, -0.2) is 9.91 Å². The second kappa shape index (κ2) is 4.45. The van der Waals surface area contributed by atoms with Crippen molar-refractivity contribution in [1.29, 1.82) is 0 Å². The van der Waals surface area contributed by atoms with E-state index in [0.717, 1.165) is 6.07 Å². The van der Waals surface area contributed by atoms with E-state index in [1.807, 2.05) is 0 Å². The van der Waals surface area contributed by atoms with Crippen molar-refractivity contribution in [3.8, 4) is 0 Å². The van der Waals surface area contributed by atoms with Gasteiger partial charge in [0.1, 0.15) is 5.15 Å². The molecule has 0 amide bonds. The van der Waals surface area contributed by atoms with Gasteiger partial charge >= 0.3 is 0 Å². The smallest absolute Gasteiger partial charge is 0.297 e. The summed E-state index contributed by atoms with van der Waals surface area (Å²) in [4.78, 5) is 12.8. The normalized spacial score (nSPS) is 10.7. The summed E-state index contributed by atoms with van der Waals surface area (Å²) < 4.78 is 24.7. The van der Waals surface area contributed by atoms with Gasteiger partial charge in [0.15, 0.2) is 5.69 Å². The molecule has 5 nitrogen and oxygen atoms in total. The third-order valence-corrected chi connectivity index (χ3v) is 2.01. The summed E-state index contributed by atoms with van der Waals surface area (Å²) in [5.41, 5.74) is 3.66. The number of hydrogen-bond acceptors (Lipinski definition) is 4. The van der Waals surface area contributed by atoms with Crippen molar-refractivity contribution < 1.29 is 13.7 Å². The summed E-state index contributed by atoms with van der Waals surface area (Å²) in [6.45, 7) is -0.101. The number of halogens is 3. The molecule has 8 heteroatoms. The Labute approximate surface area is 88.0 Å². The lowest BCUT2D eigenvalue weighted by Crippen LogP contribution is -2.05. The highest BCUT2D eigenvalue weighted by atomic mass is 35.5. The second-order valence-electron chi connectivity index (χ2n) is 2.60. The molecule has 0 aromatic carbocycles. The number of nitrogens with zero attached hydrogens (tertiary/aromatic N) is 2. The van der Waals surface area contributed by atoms with E-state index in [-0.39, 0.29) is 17.3 Å². The summed E-state index contributed by atoms with van der Waals surface area (Å²) in [5, 5.41) is 10.2. The zero-order valence-corrected chi connectivity index (χ0v) is 8.04. The van der Waals surface area contributed by atoms with Crippen molar-refractivity contribution in [2.75, 3.05) is 0 Å². The van der Waals surface area contributed by atoms with Crippen LogP contribution in [-0.2, 0) is 6.54 Å². The van der Waals surface area contributed by atoms with E-state index in [9.17, 15) is 18.9 Å². The third kappa shape index (κ3) is 2.37. The van der Waals surface area contributed by atoms with Crippen molar-refractivity contribution >= 4 is 17.3 Å². The maximum absolute atomic E-state index is 12.3. The molecule has 0 aliphatic rings. The van der Waals surface area contributed by atoms with Crippen LogP contribution in [0.2, 0.25) is 5.15 Å². The number of nitro groups is 1. The van der Waals surface area contributed by atoms with Gasteiger partial charge in [0.2, 0.25) is 0 Å². The molecule has 0 saturated heterocycles. The number of hydrogen-bond donors (Lipinski definition) is 1. The average molecular weight is 238 g/mol. The molecule has 15 heavy (non-hydrogen) atoms. The van der Waals surface area contributed by atoms with Crippen LogP contribution in [0.25, 0.3) is 0 Å². The van der Waals surface area contributed by atoms with Crippen molar-refractivity contribution in [3.05, 3.63) is 32.6 Å². The molecule has 0 aliphatic heterocycles. The van der Waals surface area contributed by atoms with Crippen LogP contribution in [0.4, 0.5) is 14.5 Å². The first kappa shape index (κ1) is 11.7. The Morgan fingerprint density at radius 2 is 2.27 bits per heavy atom. The minimum atomic E-state index is -3.05. The predicted octanol–water partition coefficient (Wildman–Crippen LogP) is 2.04. The Morgan fingerprint density at radius 3 is 2.67 bits per heavy atom. The molecule has 0 radical (unpaired) electrons. The molecule has 1 rings (SSSR count). The summed E-state index contributed by atoms with van der Waals surface area (Å²) in [5.74, 6) is 0. The standard InChI is InChI=1S/C7H6ClF2N3O2/c8-6-3(2-11)1-4(13(14)15)5(12-6)7(9)10/h1,7H,2,11H2. The topological polar surface area (TPSA) is 82.0 Å². The van der Waals surface area contributed by atoms with Crippen LogP contribution < -0.4 is 5.73 Å². The summed E-state index contributed by atoms with van der Waals surface area (Å²) in [7, 11) is 0. The highest BCUT2D eigenvalue weighted by molar-refractivity contribution is 6.30. The van der Waals surface area contributed by atoms with Crippen LogP contribution in [0.5, 0.6) is 0 Å². The molecule has 0 unspecified atom stereocenters. The Balaban J connectivity index is 3.39. The molecule has 1 heterocycles. The zero-order valence-electron chi connectivity index (χ0n) is 7.28. The minimum absolute atomic E-state index is 0.101. The summed E-state index contributed by atoms with van der Waals surface area (Å²) >= 11 is 5.50. The quantitative estimate of drug-likeness (QED) is 0.495. The first-order valence-electron chi connectivity index (χ1n) is 3.79. The van der Waals surface area contributed by atoms with Gasteiger partial charge in [-0.05, 0) is 0 Å². The van der Waals surface area contributed by atoms with Gasteiger partial charge in [-0.15, -0.1) is 0 Å². The number of alkyl halides is 2. The van der Waals surface area contributed by atoms with Gasteiger partial charge in [-0.25, -0.2) is 13.8 Å². The third-order valence-electron chi connectivity index (χ3n) is 1.68. The number of pyridine rings is 1. The number of rotatable bonds is 3. The lowest BCUT2D eigenvalue weighted by Gasteiger charge is -2.04. The average Bonchev–Trinajstić information content (AvgIpc) is 2.16. The molecular weight excluding hydrogens is 232 g/mol. The summed E-state index contributed by atoms with van der Waals surface area (Å²) in [6.07, 6.45) is -3.05. The van der Waals surface area contributed by atoms with Crippen molar-refractivity contribution in [3.63, 3.8) is 0 Å². The Morgan fingerprint density at radius 1 is 1.67 bits per heavy atom. The first-order chi connectivity index (χ1) is 6.97. The van der Waals surface area contributed by atoms with Crippen LogP contribution in [0.15, 0.2) is 6.07 Å². The van der Waals surface area contributed by atoms with Gasteiger partial charge in [0, 0.05) is 18.2 Å². The molecule has 0 aliphatic carbocycles. The fraction of sp³-hybridized carbons (Fsp3) is 0.286. The lowest BCUT2D eigenvalue weighted by molar-refractivity contribution is -0.386. The maximum Gasteiger partial charge on any atom is 0.297 e. The highest BCUT2D eigenvalue weighted by Crippen LogP contribution is 2.30. The fourth-order valence-electron chi connectivity index (χ4n) is 0.983. The Bertz CT molecular complexity index is 400. The monoisotopic (exact) mass is 237 g/mol. The Hall–Kier alpha value is -1.34. The van der Waals surface area contributed by atoms with Crippen LogP contribution in [0.1, 0.15) is 17.7 Å². The van der Waals surface area contributed by atoms with E-state index in [1.165, 1.54) is 0 Å². The molecular formula is C7H6ClF2N3O2. The predicted molar refractivity (Wildman–Crippen MR) is 48.7 cm³/mol. The van der Waals surface area contributed by atoms with E-state index in [1.54, 1.807) is 0 Å². The van der Waals surface area contributed by atoms with Crippen molar-refractivity contribution in [2.24, 2.45) is 5.73 Å². The molecule has 2 N–H and O–H groups in total. The van der Waals surface area contributed by atoms with Crippen molar-refractivity contribution in [2.45, 2.75) is 13.0 Å². The largest absolute Gasteiger partial charge is 0.326 e. The van der Waals surface area contributed by atoms with E-state index in [0.29, 0.717) is 0 Å². The van der Waals surface area contributed by atoms with Crippen LogP contribution in [0.3, 0.4) is 0 Å². The van der Waals surface area contributed by atoms with Crippen LogP contribution >= 0.6 is 11.6 Å². The molecule has 1 aromatic heterocycles. The molecule has 0 spiro atoms. The van der Waals surface area contributed by atoms with E-state index in [4.69, 9.17) is 17.3 Å². The van der Waals surface area contributed by atoms with Crippen LogP contribution in [0, 0.1) is 10.1 Å². The molecule has 1 aromatic rings. The molecule has 82 valence electrons. The van der Waals surface area contributed by atoms with Gasteiger partial charge in [-0.3, -0.25) is 10.1 Å². The van der Waals surface area contributed by atoms with E-state index in [2.05, 4.69) is 4.98 Å². The van der Waals surface area contributed by atoms with Gasteiger partial charge in [0.25, 0.3) is 12.1 Å². The molecule has 0 atom stereocenters. The van der Waals surface area contributed by atoms with Crippen molar-refractivity contribution in [1.82, 2.24) is 4.98 Å². The van der Waals surface area contributed by atoms with Gasteiger partial charge < -0.3 is 5.73 Å². The summed E-state index contributed by atoms with van der Waals surface area (Å²) in [6, 6.07) is 0.914. The number of aromatic nitrogens is 1. The second-order valence-corrected chi connectivity index (χ2v) is 2.96. The van der Waals surface area contributed by atoms with Gasteiger partial charge in [0.05, 0.1) is 4.92 Å². The Kier molecular flexibility index (Phi) is 3.48. The SMILES string of the molecule is NCc1cc([N+](=O)[O-])c(C(F)F)nc1Cl. The van der Waals surface area contributed by atoms with Gasteiger partial charge in [-0.1, -0.05) is 11.6 Å². The lowest BCUT2D eigenvalue weighted by atomic mass is 10.2. The molecule has 0 saturated carbocycles. The highest BCUT2D eigenvalue weighted by Gasteiger charge is 2.25. The molecule has 0 bridgehead atoms.